The highest BCUT2D eigenvalue weighted by molar-refractivity contribution is 9.11. The molecule has 3 rings (SSSR count). The van der Waals surface area contributed by atoms with Gasteiger partial charge in [0.25, 0.3) is 5.91 Å². The third-order valence-electron chi connectivity index (χ3n) is 4.15. The van der Waals surface area contributed by atoms with E-state index in [2.05, 4.69) is 52.3 Å². The molecular formula is C23H21Br2ClN2O2S. The Morgan fingerprint density at radius 1 is 1.23 bits per heavy atom. The van der Waals surface area contributed by atoms with E-state index in [-0.39, 0.29) is 5.91 Å². The Morgan fingerprint density at radius 3 is 2.45 bits per heavy atom. The number of thioether (sulfide) groups is 1. The van der Waals surface area contributed by atoms with Crippen LogP contribution in [0.3, 0.4) is 0 Å². The van der Waals surface area contributed by atoms with Crippen LogP contribution in [0.25, 0.3) is 6.08 Å². The molecule has 1 heterocycles. The summed E-state index contributed by atoms with van der Waals surface area (Å²) >= 11 is 14.4. The standard InChI is InChI=1S/C23H21Br2ClN2O2S/c1-4-9-30-21-18(24)10-15(11-19(21)25)12-20-22(29)28(13-14(2)3)23(31-20)27-17-7-5-16(26)6-8-17/h4-8,10-12,14H,1,9,13H2,2-3H3/b20-12-,27-23?. The SMILES string of the molecule is C=CCOc1c(Br)cc(/C=C2\SC(=Nc3ccc(Cl)cc3)N(CC(C)C)C2=O)cc1Br. The summed E-state index contributed by atoms with van der Waals surface area (Å²) in [6.07, 6.45) is 3.56. The Labute approximate surface area is 208 Å². The van der Waals surface area contributed by atoms with E-state index in [4.69, 9.17) is 21.3 Å². The lowest BCUT2D eigenvalue weighted by atomic mass is 10.2. The summed E-state index contributed by atoms with van der Waals surface area (Å²) in [6.45, 7) is 8.83. The highest BCUT2D eigenvalue weighted by Crippen LogP contribution is 2.38. The molecule has 1 amide bonds. The van der Waals surface area contributed by atoms with Crippen molar-refractivity contribution in [2.45, 2.75) is 13.8 Å². The minimum Gasteiger partial charge on any atom is -0.487 e. The van der Waals surface area contributed by atoms with Crippen molar-refractivity contribution in [2.24, 2.45) is 10.9 Å². The first-order valence-electron chi connectivity index (χ1n) is 9.57. The first-order valence-corrected chi connectivity index (χ1v) is 12.3. The smallest absolute Gasteiger partial charge is 0.266 e. The Morgan fingerprint density at radius 2 is 1.87 bits per heavy atom. The van der Waals surface area contributed by atoms with E-state index in [1.54, 1.807) is 23.1 Å². The predicted molar refractivity (Wildman–Crippen MR) is 138 cm³/mol. The van der Waals surface area contributed by atoms with Crippen LogP contribution in [0.1, 0.15) is 19.4 Å². The van der Waals surface area contributed by atoms with Gasteiger partial charge in [0.15, 0.2) is 5.17 Å². The number of rotatable bonds is 7. The van der Waals surface area contributed by atoms with Gasteiger partial charge in [0.2, 0.25) is 0 Å². The highest BCUT2D eigenvalue weighted by Gasteiger charge is 2.33. The van der Waals surface area contributed by atoms with Gasteiger partial charge < -0.3 is 4.74 Å². The summed E-state index contributed by atoms with van der Waals surface area (Å²) < 4.78 is 7.26. The third-order valence-corrected chi connectivity index (χ3v) is 6.59. The number of amides is 1. The number of carbonyl (C=O) groups excluding carboxylic acids is 1. The van der Waals surface area contributed by atoms with Crippen LogP contribution in [-0.4, -0.2) is 29.1 Å². The number of hydrogen-bond acceptors (Lipinski definition) is 4. The van der Waals surface area contributed by atoms with Crippen molar-refractivity contribution in [3.05, 3.63) is 73.5 Å². The van der Waals surface area contributed by atoms with Crippen molar-refractivity contribution in [1.29, 1.82) is 0 Å². The number of carbonyl (C=O) groups is 1. The van der Waals surface area contributed by atoms with Gasteiger partial charge in [0.05, 0.1) is 19.5 Å². The average Bonchev–Trinajstić information content (AvgIpc) is 2.97. The maximum Gasteiger partial charge on any atom is 0.266 e. The molecule has 0 aromatic heterocycles. The fraction of sp³-hybridized carbons (Fsp3) is 0.217. The molecule has 0 aliphatic carbocycles. The Hall–Kier alpha value is -1.54. The lowest BCUT2D eigenvalue weighted by Gasteiger charge is -2.17. The summed E-state index contributed by atoms with van der Waals surface area (Å²) in [4.78, 5) is 20.2. The number of hydrogen-bond donors (Lipinski definition) is 0. The summed E-state index contributed by atoms with van der Waals surface area (Å²) in [5.74, 6) is 0.952. The molecule has 0 atom stereocenters. The summed E-state index contributed by atoms with van der Waals surface area (Å²) in [5, 5.41) is 1.31. The molecule has 2 aromatic carbocycles. The molecule has 1 saturated heterocycles. The molecule has 1 aliphatic rings. The second-order valence-electron chi connectivity index (χ2n) is 7.20. The summed E-state index contributed by atoms with van der Waals surface area (Å²) in [6, 6.07) is 11.1. The zero-order valence-corrected chi connectivity index (χ0v) is 21.8. The van der Waals surface area contributed by atoms with Crippen LogP contribution < -0.4 is 4.74 Å². The number of aliphatic imine (C=N–C) groups is 1. The zero-order valence-electron chi connectivity index (χ0n) is 17.1. The molecule has 0 unspecified atom stereocenters. The van der Waals surface area contributed by atoms with Crippen LogP contribution in [0, 0.1) is 5.92 Å². The molecular weight excluding hydrogens is 564 g/mol. The van der Waals surface area contributed by atoms with Gasteiger partial charge in [-0.3, -0.25) is 9.69 Å². The number of nitrogens with zero attached hydrogens (tertiary/aromatic N) is 2. The lowest BCUT2D eigenvalue weighted by molar-refractivity contribution is -0.122. The molecule has 0 bridgehead atoms. The molecule has 0 saturated carbocycles. The molecule has 0 radical (unpaired) electrons. The third kappa shape index (κ3) is 6.25. The van der Waals surface area contributed by atoms with Gasteiger partial charge in [0, 0.05) is 11.6 Å². The average molecular weight is 585 g/mol. The number of halogens is 3. The topological polar surface area (TPSA) is 41.9 Å². The number of benzene rings is 2. The van der Waals surface area contributed by atoms with Crippen LogP contribution in [0.2, 0.25) is 5.02 Å². The normalized spacial score (nSPS) is 16.6. The van der Waals surface area contributed by atoms with Crippen LogP contribution in [0.15, 0.2) is 67.9 Å². The van der Waals surface area contributed by atoms with Crippen molar-refractivity contribution in [1.82, 2.24) is 4.90 Å². The van der Waals surface area contributed by atoms with E-state index in [1.807, 2.05) is 30.3 Å². The fourth-order valence-corrected chi connectivity index (χ4v) is 5.42. The van der Waals surface area contributed by atoms with E-state index < -0.39 is 0 Å². The number of ether oxygens (including phenoxy) is 1. The highest BCUT2D eigenvalue weighted by atomic mass is 79.9. The van der Waals surface area contributed by atoms with Crippen molar-refractivity contribution in [3.63, 3.8) is 0 Å². The molecule has 0 spiro atoms. The van der Waals surface area contributed by atoms with E-state index in [9.17, 15) is 4.79 Å². The van der Waals surface area contributed by atoms with Gasteiger partial charge in [-0.15, -0.1) is 0 Å². The molecule has 8 heteroatoms. The first kappa shape index (κ1) is 24.1. The van der Waals surface area contributed by atoms with Gasteiger partial charge in [-0.05, 0) is 97.6 Å². The largest absolute Gasteiger partial charge is 0.487 e. The molecule has 4 nitrogen and oxygen atoms in total. The second kappa shape index (κ2) is 10.9. The lowest BCUT2D eigenvalue weighted by Crippen LogP contribution is -2.32. The van der Waals surface area contributed by atoms with Crippen LogP contribution in [0.5, 0.6) is 5.75 Å². The second-order valence-corrected chi connectivity index (χ2v) is 10.4. The molecule has 162 valence electrons. The number of amidine groups is 1. The van der Waals surface area contributed by atoms with Crippen molar-refractivity contribution in [3.8, 4) is 5.75 Å². The Balaban J connectivity index is 1.94. The van der Waals surface area contributed by atoms with Crippen molar-refractivity contribution in [2.75, 3.05) is 13.2 Å². The van der Waals surface area contributed by atoms with Crippen LogP contribution >= 0.6 is 55.2 Å². The molecule has 2 aromatic rings. The van der Waals surface area contributed by atoms with E-state index in [0.29, 0.717) is 39.9 Å². The van der Waals surface area contributed by atoms with Crippen LogP contribution in [0.4, 0.5) is 5.69 Å². The minimum atomic E-state index is -0.0503. The molecule has 1 aliphatic heterocycles. The quantitative estimate of drug-likeness (QED) is 0.248. The maximum absolute atomic E-state index is 13.2. The fourth-order valence-electron chi connectivity index (χ4n) is 2.84. The van der Waals surface area contributed by atoms with Crippen molar-refractivity contribution >= 4 is 78.1 Å². The molecule has 1 fully saturated rings. The Bertz CT molecular complexity index is 1030. The molecule has 31 heavy (non-hydrogen) atoms. The van der Waals surface area contributed by atoms with E-state index in [1.165, 1.54) is 11.8 Å². The molecule has 0 N–H and O–H groups in total. The maximum atomic E-state index is 13.2. The van der Waals surface area contributed by atoms with Crippen LogP contribution in [-0.2, 0) is 4.79 Å². The van der Waals surface area contributed by atoms with E-state index in [0.717, 1.165) is 20.2 Å². The summed E-state index contributed by atoms with van der Waals surface area (Å²) in [7, 11) is 0. The first-order chi connectivity index (χ1) is 14.8. The van der Waals surface area contributed by atoms with E-state index >= 15 is 0 Å². The zero-order chi connectivity index (χ0) is 22.5. The minimum absolute atomic E-state index is 0.0503. The van der Waals surface area contributed by atoms with Gasteiger partial charge in [-0.25, -0.2) is 4.99 Å². The van der Waals surface area contributed by atoms with Gasteiger partial charge >= 0.3 is 0 Å². The van der Waals surface area contributed by atoms with Gasteiger partial charge in [0.1, 0.15) is 12.4 Å². The van der Waals surface area contributed by atoms with Gasteiger partial charge in [-0.1, -0.05) is 38.1 Å². The Kier molecular flexibility index (Phi) is 8.44. The monoisotopic (exact) mass is 582 g/mol. The predicted octanol–water partition coefficient (Wildman–Crippen LogP) is 7.69. The van der Waals surface area contributed by atoms with Gasteiger partial charge in [-0.2, -0.15) is 0 Å². The van der Waals surface area contributed by atoms with Crippen molar-refractivity contribution < 1.29 is 9.53 Å². The summed E-state index contributed by atoms with van der Waals surface area (Å²) in [5.41, 5.74) is 1.63.